The van der Waals surface area contributed by atoms with Crippen LogP contribution in [-0.2, 0) is 10.0 Å². The fourth-order valence-electron chi connectivity index (χ4n) is 4.43. The SMILES string of the molecule is Cc1ccc(S(=O)(=O)N(C)C[C@@H]2Oc3ncc(/C=C/c4ccccc4)cc3C(=O)N([C@H](C)CO)C[C@@H]2C)cc1. The number of aliphatic hydroxyl groups excluding tert-OH is 1. The molecule has 0 bridgehead atoms. The van der Waals surface area contributed by atoms with Crippen LogP contribution in [0.5, 0.6) is 5.88 Å². The first-order chi connectivity index (χ1) is 18.6. The number of amides is 1. The van der Waals surface area contributed by atoms with Crippen LogP contribution < -0.4 is 4.74 Å². The summed E-state index contributed by atoms with van der Waals surface area (Å²) in [7, 11) is -2.24. The van der Waals surface area contributed by atoms with Crippen LogP contribution >= 0.6 is 0 Å². The molecule has 0 radical (unpaired) electrons. The van der Waals surface area contributed by atoms with E-state index in [0.717, 1.165) is 16.7 Å². The summed E-state index contributed by atoms with van der Waals surface area (Å²) in [5, 5.41) is 9.89. The number of hydrogen-bond acceptors (Lipinski definition) is 6. The van der Waals surface area contributed by atoms with Gasteiger partial charge in [0.1, 0.15) is 11.7 Å². The highest BCUT2D eigenvalue weighted by Gasteiger charge is 2.35. The third-order valence-electron chi connectivity index (χ3n) is 6.98. The average molecular weight is 550 g/mol. The molecule has 0 saturated heterocycles. The number of pyridine rings is 1. The highest BCUT2D eigenvalue weighted by Crippen LogP contribution is 2.28. The van der Waals surface area contributed by atoms with Crippen LogP contribution in [0.25, 0.3) is 12.2 Å². The first-order valence-corrected chi connectivity index (χ1v) is 14.4. The number of fused-ring (bicyclic) bond motifs is 1. The molecule has 0 aliphatic carbocycles. The zero-order chi connectivity index (χ0) is 28.2. The predicted octanol–water partition coefficient (Wildman–Crippen LogP) is 4.10. The summed E-state index contributed by atoms with van der Waals surface area (Å²) in [4.78, 5) is 19.9. The van der Waals surface area contributed by atoms with E-state index in [9.17, 15) is 18.3 Å². The Morgan fingerprint density at radius 2 is 1.79 bits per heavy atom. The van der Waals surface area contributed by atoms with Crippen molar-refractivity contribution < 1.29 is 23.1 Å². The van der Waals surface area contributed by atoms with Crippen LogP contribution in [0.2, 0.25) is 0 Å². The fourth-order valence-corrected chi connectivity index (χ4v) is 5.61. The Morgan fingerprint density at radius 1 is 1.13 bits per heavy atom. The maximum absolute atomic E-state index is 13.6. The van der Waals surface area contributed by atoms with Crippen LogP contribution in [0.1, 0.15) is 40.9 Å². The molecule has 9 heteroatoms. The van der Waals surface area contributed by atoms with E-state index in [4.69, 9.17) is 4.74 Å². The molecular formula is C30H35N3O5S. The lowest BCUT2D eigenvalue weighted by molar-refractivity contribution is 0.0373. The Morgan fingerprint density at radius 3 is 2.46 bits per heavy atom. The van der Waals surface area contributed by atoms with Gasteiger partial charge in [0.2, 0.25) is 15.9 Å². The van der Waals surface area contributed by atoms with E-state index < -0.39 is 22.2 Å². The quantitative estimate of drug-likeness (QED) is 0.454. The van der Waals surface area contributed by atoms with Crippen molar-refractivity contribution in [2.24, 2.45) is 5.92 Å². The Bertz CT molecular complexity index is 1420. The fraction of sp³-hybridized carbons (Fsp3) is 0.333. The van der Waals surface area contributed by atoms with Crippen LogP contribution in [0.3, 0.4) is 0 Å². The Labute approximate surface area is 230 Å². The number of rotatable bonds is 8. The smallest absolute Gasteiger partial charge is 0.259 e. The van der Waals surface area contributed by atoms with Gasteiger partial charge in [0, 0.05) is 25.7 Å². The molecule has 1 aliphatic rings. The lowest BCUT2D eigenvalue weighted by atomic mass is 10.00. The number of carbonyl (C=O) groups excluding carboxylic acids is 1. The molecule has 2 heterocycles. The maximum Gasteiger partial charge on any atom is 0.259 e. The second-order valence-electron chi connectivity index (χ2n) is 10.1. The van der Waals surface area contributed by atoms with E-state index in [1.54, 1.807) is 48.4 Å². The highest BCUT2D eigenvalue weighted by molar-refractivity contribution is 7.89. The average Bonchev–Trinajstić information content (AvgIpc) is 2.94. The normalized spacial score (nSPS) is 18.9. The summed E-state index contributed by atoms with van der Waals surface area (Å²) < 4.78 is 34.1. The van der Waals surface area contributed by atoms with E-state index in [0.29, 0.717) is 0 Å². The Kier molecular flexibility index (Phi) is 8.84. The summed E-state index contributed by atoms with van der Waals surface area (Å²) in [6, 6.07) is 17.8. The van der Waals surface area contributed by atoms with E-state index >= 15 is 0 Å². The van der Waals surface area contributed by atoms with Crippen molar-refractivity contribution in [3.8, 4) is 5.88 Å². The van der Waals surface area contributed by atoms with Crippen molar-refractivity contribution in [1.29, 1.82) is 0 Å². The second-order valence-corrected chi connectivity index (χ2v) is 12.1. The molecule has 2 aromatic carbocycles. The molecule has 0 fully saturated rings. The van der Waals surface area contributed by atoms with E-state index in [2.05, 4.69) is 4.98 Å². The van der Waals surface area contributed by atoms with Crippen LogP contribution in [-0.4, -0.2) is 72.5 Å². The third-order valence-corrected chi connectivity index (χ3v) is 8.81. The molecule has 8 nitrogen and oxygen atoms in total. The number of ether oxygens (including phenoxy) is 1. The van der Waals surface area contributed by atoms with Crippen LogP contribution in [0.15, 0.2) is 71.8 Å². The van der Waals surface area contributed by atoms with Crippen molar-refractivity contribution in [2.45, 2.75) is 37.8 Å². The van der Waals surface area contributed by atoms with Crippen molar-refractivity contribution in [2.75, 3.05) is 26.7 Å². The zero-order valence-corrected chi connectivity index (χ0v) is 23.5. The van der Waals surface area contributed by atoms with Gasteiger partial charge < -0.3 is 14.7 Å². The van der Waals surface area contributed by atoms with Crippen molar-refractivity contribution in [3.63, 3.8) is 0 Å². The Balaban J connectivity index is 1.66. The van der Waals surface area contributed by atoms with Crippen LogP contribution in [0, 0.1) is 12.8 Å². The van der Waals surface area contributed by atoms with Gasteiger partial charge in [0.05, 0.1) is 24.1 Å². The highest BCUT2D eigenvalue weighted by atomic mass is 32.2. The number of aryl methyl sites for hydroxylation is 1. The zero-order valence-electron chi connectivity index (χ0n) is 22.7. The minimum atomic E-state index is -3.76. The first-order valence-electron chi connectivity index (χ1n) is 12.9. The molecule has 39 heavy (non-hydrogen) atoms. The second kappa shape index (κ2) is 12.1. The van der Waals surface area contributed by atoms with Gasteiger partial charge in [-0.2, -0.15) is 4.31 Å². The summed E-state index contributed by atoms with van der Waals surface area (Å²) >= 11 is 0. The standard InChI is InChI=1S/C30H35N3O5S/c1-21-10-14-26(15-11-21)39(36,37)32(4)19-28-22(2)18-33(23(3)20-34)30(35)27-16-25(17-31-29(27)38-28)13-12-24-8-6-5-7-9-24/h5-17,22-23,28,34H,18-20H2,1-4H3/b13-12+/t22-,23+,28-/m0/s1. The lowest BCUT2D eigenvalue weighted by Gasteiger charge is -2.37. The minimum absolute atomic E-state index is 0.0592. The van der Waals surface area contributed by atoms with E-state index in [1.165, 1.54) is 11.4 Å². The Hall–Kier alpha value is -3.53. The number of hydrogen-bond donors (Lipinski definition) is 1. The monoisotopic (exact) mass is 549 g/mol. The number of nitrogens with zero attached hydrogens (tertiary/aromatic N) is 3. The van der Waals surface area contributed by atoms with Gasteiger partial charge in [-0.1, -0.05) is 67.1 Å². The molecule has 1 amide bonds. The molecular weight excluding hydrogens is 514 g/mol. The van der Waals surface area contributed by atoms with Gasteiger partial charge in [-0.25, -0.2) is 13.4 Å². The molecule has 1 aliphatic heterocycles. The first kappa shape index (κ1) is 28.5. The van der Waals surface area contributed by atoms with Gasteiger partial charge in [0.15, 0.2) is 0 Å². The number of benzene rings is 2. The topological polar surface area (TPSA) is 100 Å². The number of carbonyl (C=O) groups is 1. The van der Waals surface area contributed by atoms with E-state index in [-0.39, 0.29) is 47.9 Å². The molecule has 1 aromatic heterocycles. The van der Waals surface area contributed by atoms with Gasteiger partial charge in [-0.15, -0.1) is 0 Å². The molecule has 1 N–H and O–H groups in total. The molecule has 0 unspecified atom stereocenters. The molecule has 4 rings (SSSR count). The minimum Gasteiger partial charge on any atom is -0.472 e. The molecule has 0 spiro atoms. The summed E-state index contributed by atoms with van der Waals surface area (Å²) in [5.74, 6) is -0.393. The molecule has 3 aromatic rings. The largest absolute Gasteiger partial charge is 0.472 e. The number of likely N-dealkylation sites (N-methyl/N-ethyl adjacent to an activating group) is 1. The summed E-state index contributed by atoms with van der Waals surface area (Å²) in [6.45, 7) is 5.72. The van der Waals surface area contributed by atoms with Gasteiger partial charge >= 0.3 is 0 Å². The van der Waals surface area contributed by atoms with Crippen molar-refractivity contribution in [1.82, 2.24) is 14.2 Å². The van der Waals surface area contributed by atoms with Crippen molar-refractivity contribution in [3.05, 3.63) is 89.1 Å². The molecule has 0 saturated carbocycles. The third kappa shape index (κ3) is 6.55. The summed E-state index contributed by atoms with van der Waals surface area (Å²) in [6.07, 6.45) is 4.84. The lowest BCUT2D eigenvalue weighted by Crippen LogP contribution is -2.50. The van der Waals surface area contributed by atoms with Gasteiger partial charge in [0.25, 0.3) is 5.91 Å². The van der Waals surface area contributed by atoms with E-state index in [1.807, 2.05) is 56.3 Å². The van der Waals surface area contributed by atoms with Crippen LogP contribution in [0.4, 0.5) is 0 Å². The van der Waals surface area contributed by atoms with Crippen molar-refractivity contribution >= 4 is 28.1 Å². The molecule has 3 atom stereocenters. The number of aliphatic hydroxyl groups is 1. The number of aromatic nitrogens is 1. The molecule has 206 valence electrons. The maximum atomic E-state index is 13.6. The number of sulfonamides is 1. The predicted molar refractivity (Wildman–Crippen MR) is 152 cm³/mol. The van der Waals surface area contributed by atoms with Gasteiger partial charge in [-0.05, 0) is 43.2 Å². The summed E-state index contributed by atoms with van der Waals surface area (Å²) in [5.41, 5.74) is 2.97. The van der Waals surface area contributed by atoms with Gasteiger partial charge in [-0.3, -0.25) is 4.79 Å².